The molecule has 17 nitrogen and oxygen atoms in total. The monoisotopic (exact) mass is 779 g/mol. The Hall–Kier alpha value is -7.14. The number of aryl methyl sites for hydroxylation is 1. The summed E-state index contributed by atoms with van der Waals surface area (Å²) in [6.45, 7) is 5.07. The fraction of sp³-hybridized carbons (Fsp3) is 0.250. The summed E-state index contributed by atoms with van der Waals surface area (Å²) in [5.41, 5.74) is -5.93. The van der Waals surface area contributed by atoms with E-state index < -0.39 is 116 Å². The molecule has 3 aliphatic rings. The molecule has 0 saturated heterocycles. The summed E-state index contributed by atoms with van der Waals surface area (Å²) in [6, 6.07) is 9.18. The molecule has 292 valence electrons. The first-order chi connectivity index (χ1) is 26.9. The third-order valence-electron chi connectivity index (χ3n) is 10.0. The number of phenols is 1. The van der Waals surface area contributed by atoms with Gasteiger partial charge >= 0.3 is 11.6 Å². The van der Waals surface area contributed by atoms with Gasteiger partial charge in [0, 0.05) is 17.5 Å². The van der Waals surface area contributed by atoms with Gasteiger partial charge in [0.15, 0.2) is 34.7 Å². The van der Waals surface area contributed by atoms with Crippen molar-refractivity contribution in [2.45, 2.75) is 45.5 Å². The first kappa shape index (κ1) is 38.1. The molecule has 0 spiro atoms. The Balaban J connectivity index is 1.22. The van der Waals surface area contributed by atoms with Crippen LogP contribution in [0.4, 0.5) is 5.69 Å². The summed E-state index contributed by atoms with van der Waals surface area (Å²) in [6.07, 6.45) is -2.64. The molecule has 2 aromatic heterocycles. The minimum atomic E-state index is -2.16. The van der Waals surface area contributed by atoms with Crippen molar-refractivity contribution in [2.75, 3.05) is 19.0 Å². The van der Waals surface area contributed by atoms with Gasteiger partial charge in [0.2, 0.25) is 17.3 Å². The Bertz CT molecular complexity index is 2640. The number of phenolic OH excluding ortho intramolecular Hbond substituents is 1. The van der Waals surface area contributed by atoms with E-state index in [9.17, 15) is 48.9 Å². The Morgan fingerprint density at radius 2 is 1.68 bits per heavy atom. The van der Waals surface area contributed by atoms with Crippen molar-refractivity contribution in [3.63, 3.8) is 0 Å². The van der Waals surface area contributed by atoms with Crippen LogP contribution in [-0.4, -0.2) is 86.8 Å². The molecule has 4 atom stereocenters. The third kappa shape index (κ3) is 6.27. The summed E-state index contributed by atoms with van der Waals surface area (Å²) in [5.74, 6) is -8.39. The van der Waals surface area contributed by atoms with Gasteiger partial charge in [-0.05, 0) is 62.2 Å². The average molecular weight is 780 g/mol. The number of hydrogen-bond donors (Lipinski definition) is 5. The molecule has 4 heterocycles. The Labute approximate surface area is 321 Å². The number of Topliss-reactive ketones (excluding diaryl/α,β-unsaturated/α-hetero) is 4. The van der Waals surface area contributed by atoms with E-state index in [2.05, 4.69) is 15.6 Å². The molecule has 2 aliphatic heterocycles. The number of amides is 1. The number of carbonyl (C=O) groups excluding carboxylic acids is 6. The number of ketones is 4. The van der Waals surface area contributed by atoms with Crippen LogP contribution in [0.15, 0.2) is 74.8 Å². The standard InChI is InChI=1S/C40H33N3O14/c1-15-11-17(3)34(33(49)36(50)40(4)14-41-26-31(47)20-12-16(2)29(45)25(28(15)44)24(20)32(48)35(26)57-40)56-38(52)22-8-6-7-21(42-22)37(51)43-27-30(46)19-10-9-18(54-5)13-23(19)55-39(27)53/h6-13,17,33-34,41,45-46,49H,14H2,1-5H3,(H,43,51)/b15-11-/t17-,33-,34+,40-/m0/s1. The first-order valence-electron chi connectivity index (χ1n) is 17.4. The smallest absolute Gasteiger partial charge is 0.364 e. The number of nitrogens with zero attached hydrogens (tertiary/aromatic N) is 1. The van der Waals surface area contributed by atoms with Crippen molar-refractivity contribution in [3.8, 4) is 17.2 Å². The number of ether oxygens (including phenoxy) is 3. The van der Waals surface area contributed by atoms with Crippen LogP contribution >= 0.6 is 0 Å². The Morgan fingerprint density at radius 3 is 2.40 bits per heavy atom. The number of carbonyl (C=O) groups is 6. The van der Waals surface area contributed by atoms with E-state index >= 15 is 0 Å². The van der Waals surface area contributed by atoms with Crippen LogP contribution in [0.2, 0.25) is 0 Å². The van der Waals surface area contributed by atoms with Gasteiger partial charge in [-0.15, -0.1) is 0 Å². The zero-order valence-electron chi connectivity index (χ0n) is 30.8. The number of esters is 1. The zero-order chi connectivity index (χ0) is 41.2. The molecule has 0 radical (unpaired) electrons. The minimum absolute atomic E-state index is 0.0132. The summed E-state index contributed by atoms with van der Waals surface area (Å²) < 4.78 is 21.9. The summed E-state index contributed by atoms with van der Waals surface area (Å²) >= 11 is 0. The number of hydrogen-bond acceptors (Lipinski definition) is 16. The molecule has 0 unspecified atom stereocenters. The van der Waals surface area contributed by atoms with Crippen molar-refractivity contribution >= 4 is 51.7 Å². The molecule has 3 bridgehead atoms. The molecule has 4 aromatic rings. The third-order valence-corrected chi connectivity index (χ3v) is 10.0. The maximum atomic E-state index is 14.1. The number of aliphatic hydroxyl groups excluding tert-OH is 1. The Morgan fingerprint density at radius 1 is 0.965 bits per heavy atom. The van der Waals surface area contributed by atoms with Gasteiger partial charge < -0.3 is 44.6 Å². The van der Waals surface area contributed by atoms with Gasteiger partial charge in [0.1, 0.15) is 40.3 Å². The van der Waals surface area contributed by atoms with E-state index in [1.165, 1.54) is 83.3 Å². The van der Waals surface area contributed by atoms with E-state index in [4.69, 9.17) is 18.6 Å². The maximum Gasteiger partial charge on any atom is 0.364 e. The lowest BCUT2D eigenvalue weighted by atomic mass is 9.82. The van der Waals surface area contributed by atoms with Crippen LogP contribution in [0, 0.1) is 12.8 Å². The van der Waals surface area contributed by atoms with Gasteiger partial charge in [-0.25, -0.2) is 14.6 Å². The summed E-state index contributed by atoms with van der Waals surface area (Å²) in [4.78, 5) is 99.3. The normalized spacial score (nSPS) is 22.7. The highest BCUT2D eigenvalue weighted by Crippen LogP contribution is 2.40. The number of aromatic nitrogens is 1. The van der Waals surface area contributed by atoms with E-state index in [1.807, 2.05) is 0 Å². The summed E-state index contributed by atoms with van der Waals surface area (Å²) in [7, 11) is 1.40. The van der Waals surface area contributed by atoms with Crippen molar-refractivity contribution < 1.29 is 62.7 Å². The van der Waals surface area contributed by atoms with Crippen molar-refractivity contribution in [3.05, 3.63) is 110 Å². The highest BCUT2D eigenvalue weighted by atomic mass is 16.6. The molecule has 7 rings (SSSR count). The number of aromatic hydroxyl groups is 2. The largest absolute Gasteiger partial charge is 0.507 e. The molecule has 2 aromatic carbocycles. The number of pyridine rings is 1. The molecule has 0 saturated carbocycles. The van der Waals surface area contributed by atoms with Gasteiger partial charge in [0.25, 0.3) is 5.91 Å². The first-order valence-corrected chi connectivity index (χ1v) is 17.4. The molecular weight excluding hydrogens is 746 g/mol. The second-order valence-electron chi connectivity index (χ2n) is 13.9. The van der Waals surface area contributed by atoms with Crippen molar-refractivity contribution in [2.24, 2.45) is 5.92 Å². The lowest BCUT2D eigenvalue weighted by Gasteiger charge is -2.39. The highest BCUT2D eigenvalue weighted by Gasteiger charge is 2.51. The number of aliphatic hydroxyl groups is 1. The minimum Gasteiger partial charge on any atom is -0.507 e. The fourth-order valence-electron chi connectivity index (χ4n) is 6.94. The number of allylic oxidation sites excluding steroid dienone is 3. The van der Waals surface area contributed by atoms with E-state index in [1.54, 1.807) is 0 Å². The molecular formula is C40H33N3O14. The van der Waals surface area contributed by atoms with Gasteiger partial charge in [-0.2, -0.15) is 0 Å². The Kier molecular flexibility index (Phi) is 9.28. The predicted molar refractivity (Wildman–Crippen MR) is 196 cm³/mol. The van der Waals surface area contributed by atoms with E-state index in [0.29, 0.717) is 5.75 Å². The van der Waals surface area contributed by atoms with Gasteiger partial charge in [-0.1, -0.05) is 19.1 Å². The van der Waals surface area contributed by atoms with Crippen molar-refractivity contribution in [1.29, 1.82) is 0 Å². The molecule has 5 N–H and O–H groups in total. The van der Waals surface area contributed by atoms with E-state index in [0.717, 1.165) is 0 Å². The number of anilines is 1. The molecule has 57 heavy (non-hydrogen) atoms. The van der Waals surface area contributed by atoms with Crippen LogP contribution in [0.3, 0.4) is 0 Å². The van der Waals surface area contributed by atoms with Crippen molar-refractivity contribution in [1.82, 2.24) is 10.3 Å². The predicted octanol–water partition coefficient (Wildman–Crippen LogP) is 3.07. The van der Waals surface area contributed by atoms with Gasteiger partial charge in [-0.3, -0.25) is 24.0 Å². The fourth-order valence-corrected chi connectivity index (χ4v) is 6.94. The lowest BCUT2D eigenvalue weighted by molar-refractivity contribution is -0.154. The number of benzene rings is 2. The average Bonchev–Trinajstić information content (AvgIpc) is 3.19. The van der Waals surface area contributed by atoms with Crippen LogP contribution in [0.25, 0.3) is 11.0 Å². The summed E-state index contributed by atoms with van der Waals surface area (Å²) in [5, 5.41) is 38.5. The quantitative estimate of drug-likeness (QED) is 0.144. The van der Waals surface area contributed by atoms with Crippen LogP contribution in [0.5, 0.6) is 17.2 Å². The second kappa shape index (κ2) is 13.9. The highest BCUT2D eigenvalue weighted by molar-refractivity contribution is 6.31. The van der Waals surface area contributed by atoms with Gasteiger partial charge in [0.05, 0.1) is 30.2 Å². The number of fused-ring (bicyclic) bond motifs is 2. The SMILES string of the molecule is COc1ccc2c(O)c(NC(=O)c3cccc(C(=O)O[C@H]4[C@H](O)C(=O)[C@]5(C)CNC6=C(O5)C(=O)c5c(cc(C)c(O)c5C(=O)/C(C)=C\[C@@H]4C)C6=O)n3)c(=O)oc2c1. The number of methoxy groups -OCH3 is 1. The molecule has 1 amide bonds. The van der Waals surface area contributed by atoms with E-state index in [-0.39, 0.29) is 33.4 Å². The molecule has 0 fully saturated rings. The molecule has 1 aliphatic carbocycles. The second-order valence-corrected chi connectivity index (χ2v) is 13.9. The van der Waals surface area contributed by atoms with Crippen LogP contribution < -0.4 is 21.0 Å². The topological polar surface area (TPSA) is 258 Å². The zero-order valence-corrected chi connectivity index (χ0v) is 30.8. The lowest BCUT2D eigenvalue weighted by Crippen LogP contribution is -2.59. The number of nitrogens with one attached hydrogen (secondary N) is 2. The van der Waals surface area contributed by atoms with Crippen LogP contribution in [-0.2, 0) is 14.3 Å². The maximum absolute atomic E-state index is 14.1. The van der Waals surface area contributed by atoms with Crippen LogP contribution in [0.1, 0.15) is 78.4 Å². The number of rotatable bonds is 5. The molecule has 17 heteroatoms.